The number of nitrogens with zero attached hydrogens (tertiary/aromatic N) is 1. The van der Waals surface area contributed by atoms with Crippen LogP contribution in [0.1, 0.15) is 46.5 Å². The highest BCUT2D eigenvalue weighted by Gasteiger charge is 2.45. The average Bonchev–Trinajstić information content (AvgIpc) is 2.61. The molecule has 0 aromatic rings. The molecule has 0 aromatic carbocycles. The predicted molar refractivity (Wildman–Crippen MR) is 60.9 cm³/mol. The third-order valence-corrected chi connectivity index (χ3v) is 3.84. The molecule has 1 heterocycles. The van der Waals surface area contributed by atoms with Crippen molar-refractivity contribution >= 4 is 5.97 Å². The molecular weight excluding hydrogens is 190 g/mol. The van der Waals surface area contributed by atoms with Gasteiger partial charge in [0.15, 0.2) is 0 Å². The number of hydrogen-bond acceptors (Lipinski definition) is 2. The molecule has 2 unspecified atom stereocenters. The molecule has 1 rings (SSSR count). The Morgan fingerprint density at radius 2 is 2.20 bits per heavy atom. The van der Waals surface area contributed by atoms with Crippen molar-refractivity contribution in [3.05, 3.63) is 0 Å². The van der Waals surface area contributed by atoms with Crippen LogP contribution < -0.4 is 0 Å². The summed E-state index contributed by atoms with van der Waals surface area (Å²) in [6, 6.07) is 0. The fourth-order valence-electron chi connectivity index (χ4n) is 2.50. The van der Waals surface area contributed by atoms with Gasteiger partial charge in [0.25, 0.3) is 0 Å². The molecule has 3 nitrogen and oxygen atoms in total. The lowest BCUT2D eigenvalue weighted by Crippen LogP contribution is -2.51. The first-order valence-electron chi connectivity index (χ1n) is 6.05. The van der Waals surface area contributed by atoms with Crippen molar-refractivity contribution in [2.75, 3.05) is 13.1 Å². The fraction of sp³-hybridized carbons (Fsp3) is 0.917. The number of hydrogen-bond donors (Lipinski definition) is 1. The van der Waals surface area contributed by atoms with Crippen LogP contribution in [0.4, 0.5) is 0 Å². The maximum absolute atomic E-state index is 11.4. The summed E-state index contributed by atoms with van der Waals surface area (Å²) in [5, 5.41) is 9.38. The van der Waals surface area contributed by atoms with Gasteiger partial charge in [-0.15, -0.1) is 0 Å². The molecule has 1 N–H and O–H groups in total. The van der Waals surface area contributed by atoms with Crippen LogP contribution in [0.2, 0.25) is 0 Å². The normalized spacial score (nSPS) is 29.3. The molecule has 0 radical (unpaired) electrons. The van der Waals surface area contributed by atoms with Crippen molar-refractivity contribution in [2.45, 2.75) is 52.0 Å². The Kier molecular flexibility index (Phi) is 4.14. The van der Waals surface area contributed by atoms with Gasteiger partial charge in [0.1, 0.15) is 5.54 Å². The van der Waals surface area contributed by atoms with Crippen LogP contribution in [-0.4, -0.2) is 34.6 Å². The van der Waals surface area contributed by atoms with E-state index in [0.717, 1.165) is 38.8 Å². The van der Waals surface area contributed by atoms with E-state index in [4.69, 9.17) is 0 Å². The van der Waals surface area contributed by atoms with Crippen molar-refractivity contribution in [3.63, 3.8) is 0 Å². The highest BCUT2D eigenvalue weighted by atomic mass is 16.4. The maximum atomic E-state index is 11.4. The van der Waals surface area contributed by atoms with E-state index in [1.807, 2.05) is 6.92 Å². The van der Waals surface area contributed by atoms with Crippen molar-refractivity contribution in [1.29, 1.82) is 0 Å². The summed E-state index contributed by atoms with van der Waals surface area (Å²) in [5.74, 6) is -0.0424. The smallest absolute Gasteiger partial charge is 0.324 e. The Morgan fingerprint density at radius 3 is 2.67 bits per heavy atom. The largest absolute Gasteiger partial charge is 0.480 e. The van der Waals surface area contributed by atoms with Gasteiger partial charge in [-0.3, -0.25) is 9.69 Å². The third-order valence-electron chi connectivity index (χ3n) is 3.84. The minimum absolute atomic E-state index is 0.566. The Hall–Kier alpha value is -0.570. The maximum Gasteiger partial charge on any atom is 0.324 e. The van der Waals surface area contributed by atoms with Crippen LogP contribution in [0.3, 0.4) is 0 Å². The predicted octanol–water partition coefficient (Wildman–Crippen LogP) is 2.36. The number of aliphatic carboxylic acids is 1. The SMILES string of the molecule is CCC(C)CN1CCCC1(CC)C(=O)O. The Balaban J connectivity index is 2.74. The first-order chi connectivity index (χ1) is 7.06. The van der Waals surface area contributed by atoms with Gasteiger partial charge >= 0.3 is 5.97 Å². The first-order valence-corrected chi connectivity index (χ1v) is 6.05. The fourth-order valence-corrected chi connectivity index (χ4v) is 2.50. The zero-order valence-corrected chi connectivity index (χ0v) is 10.1. The van der Waals surface area contributed by atoms with Gasteiger partial charge in [0.2, 0.25) is 0 Å². The van der Waals surface area contributed by atoms with Crippen molar-refractivity contribution < 1.29 is 9.90 Å². The average molecular weight is 213 g/mol. The number of rotatable bonds is 5. The lowest BCUT2D eigenvalue weighted by Gasteiger charge is -2.35. The molecule has 2 atom stereocenters. The van der Waals surface area contributed by atoms with Gasteiger partial charge in [-0.2, -0.15) is 0 Å². The molecule has 0 aliphatic carbocycles. The van der Waals surface area contributed by atoms with Crippen LogP contribution in [0.15, 0.2) is 0 Å². The molecular formula is C12H23NO2. The van der Waals surface area contributed by atoms with E-state index in [0.29, 0.717) is 5.92 Å². The molecule has 3 heteroatoms. The topological polar surface area (TPSA) is 40.5 Å². The number of carboxylic acids is 1. The second-order valence-corrected chi connectivity index (χ2v) is 4.75. The van der Waals surface area contributed by atoms with Gasteiger partial charge in [-0.1, -0.05) is 27.2 Å². The van der Waals surface area contributed by atoms with Crippen LogP contribution in [0.25, 0.3) is 0 Å². The summed E-state index contributed by atoms with van der Waals surface area (Å²) in [6.45, 7) is 8.22. The quantitative estimate of drug-likeness (QED) is 0.762. The van der Waals surface area contributed by atoms with E-state index in [-0.39, 0.29) is 0 Å². The molecule has 1 fully saturated rings. The van der Waals surface area contributed by atoms with Crippen LogP contribution in [0.5, 0.6) is 0 Å². The number of carbonyl (C=O) groups is 1. The van der Waals surface area contributed by atoms with Gasteiger partial charge in [0.05, 0.1) is 0 Å². The number of carboxylic acid groups (broad SMARTS) is 1. The number of likely N-dealkylation sites (tertiary alicyclic amines) is 1. The summed E-state index contributed by atoms with van der Waals surface area (Å²) in [4.78, 5) is 13.6. The highest BCUT2D eigenvalue weighted by molar-refractivity contribution is 5.79. The molecule has 1 aliphatic heterocycles. The molecule has 1 aliphatic rings. The van der Waals surface area contributed by atoms with E-state index in [2.05, 4.69) is 18.7 Å². The van der Waals surface area contributed by atoms with E-state index in [1.165, 1.54) is 0 Å². The van der Waals surface area contributed by atoms with Crippen LogP contribution in [-0.2, 0) is 4.79 Å². The zero-order chi connectivity index (χ0) is 11.5. The summed E-state index contributed by atoms with van der Waals surface area (Å²) in [5.41, 5.74) is -0.566. The van der Waals surface area contributed by atoms with Crippen molar-refractivity contribution in [3.8, 4) is 0 Å². The zero-order valence-electron chi connectivity index (χ0n) is 10.1. The lowest BCUT2D eigenvalue weighted by atomic mass is 9.92. The van der Waals surface area contributed by atoms with E-state index >= 15 is 0 Å². The van der Waals surface area contributed by atoms with Gasteiger partial charge in [-0.05, 0) is 31.7 Å². The minimum Gasteiger partial charge on any atom is -0.480 e. The summed E-state index contributed by atoms with van der Waals surface area (Å²) < 4.78 is 0. The Morgan fingerprint density at radius 1 is 1.53 bits per heavy atom. The molecule has 0 amide bonds. The molecule has 0 bridgehead atoms. The molecule has 0 aromatic heterocycles. The molecule has 0 saturated carbocycles. The van der Waals surface area contributed by atoms with Gasteiger partial charge < -0.3 is 5.11 Å². The second kappa shape index (κ2) is 4.97. The van der Waals surface area contributed by atoms with Crippen molar-refractivity contribution in [2.24, 2.45) is 5.92 Å². The first kappa shape index (κ1) is 12.5. The molecule has 15 heavy (non-hydrogen) atoms. The summed E-state index contributed by atoms with van der Waals surface area (Å²) in [6.07, 6.45) is 3.68. The molecule has 88 valence electrons. The highest BCUT2D eigenvalue weighted by Crippen LogP contribution is 2.33. The Labute approximate surface area is 92.5 Å². The van der Waals surface area contributed by atoms with E-state index < -0.39 is 11.5 Å². The standard InChI is InChI=1S/C12H23NO2/c1-4-10(3)9-13-8-6-7-12(13,5-2)11(14)15/h10H,4-9H2,1-3H3,(H,14,15). The van der Waals surface area contributed by atoms with E-state index in [9.17, 15) is 9.90 Å². The monoisotopic (exact) mass is 213 g/mol. The van der Waals surface area contributed by atoms with Gasteiger partial charge in [-0.25, -0.2) is 0 Å². The summed E-state index contributed by atoms with van der Waals surface area (Å²) in [7, 11) is 0. The third kappa shape index (κ3) is 2.33. The van der Waals surface area contributed by atoms with Gasteiger partial charge in [0, 0.05) is 6.54 Å². The van der Waals surface area contributed by atoms with Crippen molar-refractivity contribution in [1.82, 2.24) is 4.90 Å². The lowest BCUT2D eigenvalue weighted by molar-refractivity contribution is -0.150. The second-order valence-electron chi connectivity index (χ2n) is 4.75. The van der Waals surface area contributed by atoms with E-state index in [1.54, 1.807) is 0 Å². The Bertz CT molecular complexity index is 230. The summed E-state index contributed by atoms with van der Waals surface area (Å²) >= 11 is 0. The molecule has 1 saturated heterocycles. The molecule has 0 spiro atoms. The van der Waals surface area contributed by atoms with Crippen LogP contribution >= 0.6 is 0 Å². The van der Waals surface area contributed by atoms with Crippen LogP contribution in [0, 0.1) is 5.92 Å². The minimum atomic E-state index is -0.634.